The van der Waals surface area contributed by atoms with Gasteiger partial charge >= 0.3 is 0 Å². The molecule has 0 fully saturated rings. The summed E-state index contributed by atoms with van der Waals surface area (Å²) >= 11 is 0. The van der Waals surface area contributed by atoms with Gasteiger partial charge in [0, 0.05) is 18.1 Å². The summed E-state index contributed by atoms with van der Waals surface area (Å²) in [5.41, 5.74) is 1.20. The van der Waals surface area contributed by atoms with Crippen molar-refractivity contribution in [2.24, 2.45) is 0 Å². The second-order valence-electron chi connectivity index (χ2n) is 4.84. The van der Waals surface area contributed by atoms with Crippen molar-refractivity contribution in [1.29, 1.82) is 5.26 Å². The summed E-state index contributed by atoms with van der Waals surface area (Å²) in [7, 11) is 0. The maximum Gasteiger partial charge on any atom is 0.103 e. The lowest BCUT2D eigenvalue weighted by atomic mass is 10.1. The number of hydrogen-bond donors (Lipinski definition) is 2. The summed E-state index contributed by atoms with van der Waals surface area (Å²) in [5.74, 6) is 0. The Bertz CT molecular complexity index is 608. The molecule has 4 heteroatoms. The van der Waals surface area contributed by atoms with Crippen LogP contribution in [0.15, 0.2) is 30.5 Å². The molecule has 0 bridgehead atoms. The Morgan fingerprint density at radius 1 is 1.39 bits per heavy atom. The predicted octanol–water partition coefficient (Wildman–Crippen LogP) is 2.29. The van der Waals surface area contributed by atoms with Gasteiger partial charge in [-0.05, 0) is 19.9 Å². The Balaban J connectivity index is 2.49. The third kappa shape index (κ3) is 2.58. The van der Waals surface area contributed by atoms with E-state index in [9.17, 15) is 5.11 Å². The number of nitriles is 1. The molecular weight excluding hydrogens is 226 g/mol. The fourth-order valence-corrected chi connectivity index (χ4v) is 1.72. The number of nitrogens with one attached hydrogen (secondary N) is 1. The van der Waals surface area contributed by atoms with E-state index < -0.39 is 5.60 Å². The van der Waals surface area contributed by atoms with Crippen molar-refractivity contribution in [3.63, 3.8) is 0 Å². The zero-order chi connectivity index (χ0) is 13.2. The largest absolute Gasteiger partial charge is 0.389 e. The van der Waals surface area contributed by atoms with Crippen molar-refractivity contribution in [3.8, 4) is 6.07 Å². The van der Waals surface area contributed by atoms with E-state index in [0.29, 0.717) is 12.1 Å². The number of rotatable bonds is 3. The van der Waals surface area contributed by atoms with E-state index in [2.05, 4.69) is 16.4 Å². The zero-order valence-electron chi connectivity index (χ0n) is 10.4. The molecule has 92 valence electrons. The van der Waals surface area contributed by atoms with Crippen LogP contribution in [0.2, 0.25) is 0 Å². The molecule has 0 aliphatic rings. The highest BCUT2D eigenvalue weighted by Crippen LogP contribution is 2.25. The summed E-state index contributed by atoms with van der Waals surface area (Å²) in [6, 6.07) is 9.73. The van der Waals surface area contributed by atoms with Gasteiger partial charge in [-0.3, -0.25) is 4.98 Å². The molecule has 0 atom stereocenters. The van der Waals surface area contributed by atoms with Crippen molar-refractivity contribution >= 4 is 16.6 Å². The van der Waals surface area contributed by atoms with Crippen LogP contribution in [0.5, 0.6) is 0 Å². The minimum Gasteiger partial charge on any atom is -0.389 e. The third-order valence-electron chi connectivity index (χ3n) is 2.59. The molecule has 0 unspecified atom stereocenters. The lowest BCUT2D eigenvalue weighted by molar-refractivity contribution is 0.0945. The Morgan fingerprint density at radius 3 is 2.78 bits per heavy atom. The number of nitrogens with zero attached hydrogens (tertiary/aromatic N) is 2. The standard InChI is InChI=1S/C14H15N3O/c1-14(2,18)9-17-13-10(7-15)8-16-12-6-4-3-5-11(12)13/h3-6,8,18H,9H2,1-2H3,(H,16,17). The summed E-state index contributed by atoms with van der Waals surface area (Å²) in [5, 5.41) is 22.9. The van der Waals surface area contributed by atoms with Crippen LogP contribution in [-0.2, 0) is 0 Å². The average molecular weight is 241 g/mol. The zero-order valence-corrected chi connectivity index (χ0v) is 10.4. The van der Waals surface area contributed by atoms with E-state index in [-0.39, 0.29) is 0 Å². The van der Waals surface area contributed by atoms with Crippen LogP contribution in [0.4, 0.5) is 5.69 Å². The fourth-order valence-electron chi connectivity index (χ4n) is 1.72. The van der Waals surface area contributed by atoms with Crippen LogP contribution in [0, 0.1) is 11.3 Å². The number of para-hydroxylation sites is 1. The van der Waals surface area contributed by atoms with Crippen LogP contribution in [0.3, 0.4) is 0 Å². The number of benzene rings is 1. The first-order chi connectivity index (χ1) is 8.51. The Hall–Kier alpha value is -2.12. The second-order valence-corrected chi connectivity index (χ2v) is 4.84. The van der Waals surface area contributed by atoms with E-state index in [1.54, 1.807) is 20.0 Å². The highest BCUT2D eigenvalue weighted by molar-refractivity contribution is 5.93. The van der Waals surface area contributed by atoms with Crippen molar-refractivity contribution < 1.29 is 5.11 Å². The van der Waals surface area contributed by atoms with Gasteiger partial charge in [-0.2, -0.15) is 5.26 Å². The molecule has 0 amide bonds. The maximum atomic E-state index is 9.75. The summed E-state index contributed by atoms with van der Waals surface area (Å²) in [6.45, 7) is 3.81. The van der Waals surface area contributed by atoms with Gasteiger partial charge < -0.3 is 10.4 Å². The van der Waals surface area contributed by atoms with Crippen LogP contribution in [-0.4, -0.2) is 22.2 Å². The van der Waals surface area contributed by atoms with Crippen LogP contribution in [0.1, 0.15) is 19.4 Å². The van der Waals surface area contributed by atoms with E-state index in [1.165, 1.54) is 0 Å². The molecule has 2 rings (SSSR count). The number of hydrogen-bond acceptors (Lipinski definition) is 4. The molecule has 1 aromatic heterocycles. The average Bonchev–Trinajstić information content (AvgIpc) is 2.34. The first-order valence-electron chi connectivity index (χ1n) is 5.75. The molecule has 1 heterocycles. The van der Waals surface area contributed by atoms with Crippen molar-refractivity contribution in [3.05, 3.63) is 36.0 Å². The lowest BCUT2D eigenvalue weighted by Gasteiger charge is -2.20. The van der Waals surface area contributed by atoms with E-state index >= 15 is 0 Å². The number of fused-ring (bicyclic) bond motifs is 1. The van der Waals surface area contributed by atoms with E-state index in [0.717, 1.165) is 16.6 Å². The molecule has 4 nitrogen and oxygen atoms in total. The first-order valence-corrected chi connectivity index (χ1v) is 5.75. The summed E-state index contributed by atoms with van der Waals surface area (Å²) < 4.78 is 0. The molecule has 0 saturated carbocycles. The van der Waals surface area contributed by atoms with Gasteiger partial charge in [-0.25, -0.2) is 0 Å². The maximum absolute atomic E-state index is 9.75. The Labute approximate surface area is 106 Å². The van der Waals surface area contributed by atoms with E-state index in [4.69, 9.17) is 5.26 Å². The quantitative estimate of drug-likeness (QED) is 0.865. The van der Waals surface area contributed by atoms with Gasteiger partial charge in [0.15, 0.2) is 0 Å². The Kier molecular flexibility index (Phi) is 3.17. The van der Waals surface area contributed by atoms with E-state index in [1.807, 2.05) is 24.3 Å². The molecule has 0 saturated heterocycles. The van der Waals surface area contributed by atoms with Crippen LogP contribution >= 0.6 is 0 Å². The summed E-state index contributed by atoms with van der Waals surface area (Å²) in [4.78, 5) is 4.23. The van der Waals surface area contributed by atoms with Crippen LogP contribution < -0.4 is 5.32 Å². The smallest absolute Gasteiger partial charge is 0.103 e. The highest BCUT2D eigenvalue weighted by atomic mass is 16.3. The molecule has 0 radical (unpaired) electrons. The molecule has 2 N–H and O–H groups in total. The van der Waals surface area contributed by atoms with Gasteiger partial charge in [-0.15, -0.1) is 0 Å². The van der Waals surface area contributed by atoms with Gasteiger partial charge in [0.05, 0.1) is 22.4 Å². The van der Waals surface area contributed by atoms with Gasteiger partial charge in [0.25, 0.3) is 0 Å². The highest BCUT2D eigenvalue weighted by Gasteiger charge is 2.14. The van der Waals surface area contributed by atoms with Crippen molar-refractivity contribution in [2.75, 3.05) is 11.9 Å². The van der Waals surface area contributed by atoms with Gasteiger partial charge in [0.1, 0.15) is 6.07 Å². The minimum atomic E-state index is -0.836. The molecule has 0 aliphatic carbocycles. The van der Waals surface area contributed by atoms with Gasteiger partial charge in [-0.1, -0.05) is 18.2 Å². The molecular formula is C14H15N3O. The molecule has 18 heavy (non-hydrogen) atoms. The molecule has 0 aliphatic heterocycles. The summed E-state index contributed by atoms with van der Waals surface area (Å²) in [6.07, 6.45) is 1.55. The number of pyridine rings is 1. The SMILES string of the molecule is CC(C)(O)CNc1c(C#N)cnc2ccccc12. The topological polar surface area (TPSA) is 68.9 Å². The Morgan fingerprint density at radius 2 is 2.11 bits per heavy atom. The van der Waals surface area contributed by atoms with Gasteiger partial charge in [0.2, 0.25) is 0 Å². The lowest BCUT2D eigenvalue weighted by Crippen LogP contribution is -2.29. The molecule has 2 aromatic rings. The number of anilines is 1. The first kappa shape index (κ1) is 12.3. The normalized spacial score (nSPS) is 11.2. The minimum absolute atomic E-state index is 0.371. The second kappa shape index (κ2) is 4.63. The predicted molar refractivity (Wildman–Crippen MR) is 71.2 cm³/mol. The van der Waals surface area contributed by atoms with Crippen LogP contribution in [0.25, 0.3) is 10.9 Å². The third-order valence-corrected chi connectivity index (χ3v) is 2.59. The molecule has 1 aromatic carbocycles. The van der Waals surface area contributed by atoms with Crippen molar-refractivity contribution in [2.45, 2.75) is 19.4 Å². The monoisotopic (exact) mass is 241 g/mol. The number of aromatic nitrogens is 1. The molecule has 0 spiro atoms. The van der Waals surface area contributed by atoms with Crippen molar-refractivity contribution in [1.82, 2.24) is 4.98 Å². The number of aliphatic hydroxyl groups is 1. The fraction of sp³-hybridized carbons (Fsp3) is 0.286.